The van der Waals surface area contributed by atoms with Gasteiger partial charge >= 0.3 is 0 Å². The molecule has 0 amide bonds. The fourth-order valence-corrected chi connectivity index (χ4v) is 4.73. The molecule has 0 aliphatic carbocycles. The number of methoxy groups -OCH3 is 1. The summed E-state index contributed by atoms with van der Waals surface area (Å²) in [4.78, 5) is 0. The maximum absolute atomic E-state index is 11.6. The van der Waals surface area contributed by atoms with Crippen molar-refractivity contribution in [1.82, 2.24) is 5.32 Å². The van der Waals surface area contributed by atoms with Crippen LogP contribution in [-0.4, -0.2) is 32.6 Å². The summed E-state index contributed by atoms with van der Waals surface area (Å²) in [7, 11) is -1.23. The summed E-state index contributed by atoms with van der Waals surface area (Å²) in [5.41, 5.74) is 0.810. The highest BCUT2D eigenvalue weighted by Crippen LogP contribution is 2.27. The largest absolute Gasteiger partial charge is 0.497 e. The van der Waals surface area contributed by atoms with Crippen molar-refractivity contribution >= 4 is 9.84 Å². The van der Waals surface area contributed by atoms with E-state index >= 15 is 0 Å². The molecule has 0 aromatic heterocycles. The van der Waals surface area contributed by atoms with Gasteiger partial charge in [-0.05, 0) is 38.0 Å². The Morgan fingerprint density at radius 2 is 1.95 bits per heavy atom. The number of sulfone groups is 1. The van der Waals surface area contributed by atoms with Gasteiger partial charge in [0, 0.05) is 11.6 Å². The summed E-state index contributed by atoms with van der Waals surface area (Å²) in [6.45, 7) is 4.04. The molecule has 0 spiro atoms. The van der Waals surface area contributed by atoms with Gasteiger partial charge < -0.3 is 10.1 Å². The zero-order valence-electron chi connectivity index (χ0n) is 11.6. The molecule has 1 N–H and O–H groups in total. The van der Waals surface area contributed by atoms with Gasteiger partial charge in [0.05, 0.1) is 18.6 Å². The van der Waals surface area contributed by atoms with Crippen LogP contribution in [0.25, 0.3) is 0 Å². The van der Waals surface area contributed by atoms with Gasteiger partial charge in [0.1, 0.15) is 5.75 Å². The summed E-state index contributed by atoms with van der Waals surface area (Å²) < 4.78 is 28.3. The molecule has 2 atom stereocenters. The van der Waals surface area contributed by atoms with Crippen molar-refractivity contribution in [2.45, 2.75) is 31.8 Å². The first kappa shape index (κ1) is 14.3. The molecule has 2 unspecified atom stereocenters. The monoisotopic (exact) mass is 283 g/mol. The quantitative estimate of drug-likeness (QED) is 0.917. The van der Waals surface area contributed by atoms with E-state index < -0.39 is 9.84 Å². The minimum absolute atomic E-state index is 0.115. The molecule has 0 bridgehead atoms. The highest BCUT2D eigenvalue weighted by Gasteiger charge is 2.38. The standard InChI is InChI=1S/C14H21NO3S/c1-11(12-4-6-13(18-3)7-5-12)15-14(2)8-9-19(16,17)10-14/h4-7,11,15H,8-10H2,1-3H3. The van der Waals surface area contributed by atoms with E-state index in [-0.39, 0.29) is 23.1 Å². The molecule has 0 saturated carbocycles. The predicted molar refractivity (Wildman–Crippen MR) is 76.2 cm³/mol. The normalized spacial score (nSPS) is 27.1. The molecule has 1 aliphatic heterocycles. The second-order valence-corrected chi connectivity index (χ2v) is 7.73. The highest BCUT2D eigenvalue weighted by atomic mass is 32.2. The van der Waals surface area contributed by atoms with Crippen LogP contribution in [0.15, 0.2) is 24.3 Å². The van der Waals surface area contributed by atoms with Crippen molar-refractivity contribution in [2.24, 2.45) is 0 Å². The van der Waals surface area contributed by atoms with Crippen LogP contribution in [0.4, 0.5) is 0 Å². The Hall–Kier alpha value is -1.07. The van der Waals surface area contributed by atoms with E-state index in [4.69, 9.17) is 4.74 Å². The van der Waals surface area contributed by atoms with Crippen LogP contribution in [0, 0.1) is 0 Å². The third-order valence-corrected chi connectivity index (χ3v) is 5.59. The summed E-state index contributed by atoms with van der Waals surface area (Å²) in [6.07, 6.45) is 0.676. The van der Waals surface area contributed by atoms with Crippen molar-refractivity contribution < 1.29 is 13.2 Å². The van der Waals surface area contributed by atoms with Crippen LogP contribution < -0.4 is 10.1 Å². The number of rotatable bonds is 4. The van der Waals surface area contributed by atoms with Gasteiger partial charge in [-0.15, -0.1) is 0 Å². The van der Waals surface area contributed by atoms with Crippen LogP contribution in [0.1, 0.15) is 31.9 Å². The Labute approximate surface area is 115 Å². The van der Waals surface area contributed by atoms with Gasteiger partial charge in [-0.2, -0.15) is 0 Å². The van der Waals surface area contributed by atoms with Crippen LogP contribution in [0.3, 0.4) is 0 Å². The average Bonchev–Trinajstić information content (AvgIpc) is 2.63. The minimum Gasteiger partial charge on any atom is -0.497 e. The molecule has 1 saturated heterocycles. The smallest absolute Gasteiger partial charge is 0.152 e. The van der Waals surface area contributed by atoms with Crippen molar-refractivity contribution in [3.8, 4) is 5.75 Å². The third-order valence-electron chi connectivity index (χ3n) is 3.68. The van der Waals surface area contributed by atoms with Gasteiger partial charge in [0.2, 0.25) is 0 Å². The number of hydrogen-bond donors (Lipinski definition) is 1. The van der Waals surface area contributed by atoms with E-state index in [9.17, 15) is 8.42 Å². The van der Waals surface area contributed by atoms with Crippen LogP contribution in [0.5, 0.6) is 5.75 Å². The molecule has 1 heterocycles. The first-order valence-electron chi connectivity index (χ1n) is 6.46. The zero-order valence-corrected chi connectivity index (χ0v) is 12.5. The summed E-state index contributed by atoms with van der Waals surface area (Å²) in [5, 5.41) is 3.44. The molecule has 1 aliphatic rings. The number of ether oxygens (including phenoxy) is 1. The molecule has 4 nitrogen and oxygen atoms in total. The maximum atomic E-state index is 11.6. The molecular formula is C14H21NO3S. The van der Waals surface area contributed by atoms with Gasteiger partial charge in [0.15, 0.2) is 9.84 Å². The van der Waals surface area contributed by atoms with E-state index in [1.54, 1.807) is 7.11 Å². The SMILES string of the molecule is COc1ccc(C(C)NC2(C)CCS(=O)(=O)C2)cc1. The summed E-state index contributed by atoms with van der Waals surface area (Å²) >= 11 is 0. The second kappa shape index (κ2) is 5.13. The predicted octanol–water partition coefficient (Wildman–Crippen LogP) is 1.92. The molecule has 0 radical (unpaired) electrons. The summed E-state index contributed by atoms with van der Waals surface area (Å²) in [6, 6.07) is 7.96. The first-order chi connectivity index (χ1) is 8.84. The van der Waals surface area contributed by atoms with Crippen molar-refractivity contribution in [3.63, 3.8) is 0 Å². The highest BCUT2D eigenvalue weighted by molar-refractivity contribution is 7.91. The third kappa shape index (κ3) is 3.48. The summed E-state index contributed by atoms with van der Waals surface area (Å²) in [5.74, 6) is 1.33. The molecule has 1 aromatic rings. The Bertz CT molecular complexity index is 538. The zero-order chi connectivity index (χ0) is 14.1. The van der Waals surface area contributed by atoms with E-state index in [0.29, 0.717) is 6.42 Å². The molecule has 5 heteroatoms. The van der Waals surface area contributed by atoms with Crippen LogP contribution in [-0.2, 0) is 9.84 Å². The van der Waals surface area contributed by atoms with Gasteiger partial charge in [-0.3, -0.25) is 0 Å². The molecule has 106 valence electrons. The van der Waals surface area contributed by atoms with E-state index in [2.05, 4.69) is 12.2 Å². The van der Waals surface area contributed by atoms with Crippen LogP contribution >= 0.6 is 0 Å². The Morgan fingerprint density at radius 1 is 1.32 bits per heavy atom. The number of hydrogen-bond acceptors (Lipinski definition) is 4. The Morgan fingerprint density at radius 3 is 2.42 bits per heavy atom. The van der Waals surface area contributed by atoms with Gasteiger partial charge in [-0.1, -0.05) is 12.1 Å². The van der Waals surface area contributed by atoms with Crippen molar-refractivity contribution in [1.29, 1.82) is 0 Å². The topological polar surface area (TPSA) is 55.4 Å². The fourth-order valence-electron chi connectivity index (χ4n) is 2.62. The van der Waals surface area contributed by atoms with Gasteiger partial charge in [0.25, 0.3) is 0 Å². The first-order valence-corrected chi connectivity index (χ1v) is 8.28. The Balaban J connectivity index is 2.06. The minimum atomic E-state index is -2.87. The lowest BCUT2D eigenvalue weighted by Gasteiger charge is -2.29. The number of benzene rings is 1. The van der Waals surface area contributed by atoms with Crippen LogP contribution in [0.2, 0.25) is 0 Å². The number of nitrogens with one attached hydrogen (secondary N) is 1. The second-order valence-electron chi connectivity index (χ2n) is 5.54. The molecule has 2 rings (SSSR count). The Kier molecular flexibility index (Phi) is 3.87. The fraction of sp³-hybridized carbons (Fsp3) is 0.571. The van der Waals surface area contributed by atoms with Crippen molar-refractivity contribution in [2.75, 3.05) is 18.6 Å². The maximum Gasteiger partial charge on any atom is 0.152 e. The average molecular weight is 283 g/mol. The molecule has 1 aromatic carbocycles. The lowest BCUT2D eigenvalue weighted by molar-refractivity contribution is 0.355. The van der Waals surface area contributed by atoms with Crippen molar-refractivity contribution in [3.05, 3.63) is 29.8 Å². The molecule has 1 fully saturated rings. The van der Waals surface area contributed by atoms with Gasteiger partial charge in [-0.25, -0.2) is 8.42 Å². The lowest BCUT2D eigenvalue weighted by Crippen LogP contribution is -2.44. The molecule has 19 heavy (non-hydrogen) atoms. The molecular weight excluding hydrogens is 262 g/mol. The lowest BCUT2D eigenvalue weighted by atomic mass is 9.98. The van der Waals surface area contributed by atoms with E-state index in [1.165, 1.54) is 0 Å². The van der Waals surface area contributed by atoms with E-state index in [1.807, 2.05) is 31.2 Å². The van der Waals surface area contributed by atoms with E-state index in [0.717, 1.165) is 11.3 Å².